The molecule has 1 aromatic rings. The van der Waals surface area contributed by atoms with Crippen molar-refractivity contribution in [2.45, 2.75) is 4.90 Å². The predicted molar refractivity (Wildman–Crippen MR) is 55.6 cm³/mol. The molecule has 0 unspecified atom stereocenters. The van der Waals surface area contributed by atoms with Crippen molar-refractivity contribution in [2.24, 2.45) is 0 Å². The lowest BCUT2D eigenvalue weighted by Gasteiger charge is -2.06. The van der Waals surface area contributed by atoms with Crippen molar-refractivity contribution >= 4 is 11.8 Å². The summed E-state index contributed by atoms with van der Waals surface area (Å²) in [5, 5.41) is 0. The normalized spacial score (nSPS) is 10.2. The van der Waals surface area contributed by atoms with E-state index in [0.29, 0.717) is 23.9 Å². The molecule has 0 radical (unpaired) electrons. The van der Waals surface area contributed by atoms with Crippen LogP contribution in [0.3, 0.4) is 0 Å². The van der Waals surface area contributed by atoms with Crippen LogP contribution in [-0.4, -0.2) is 26.6 Å². The maximum atomic E-state index is 13.1. The largest absolute Gasteiger partial charge is 0.491 e. The van der Waals surface area contributed by atoms with Crippen molar-refractivity contribution in [1.82, 2.24) is 0 Å². The molecule has 4 heteroatoms. The van der Waals surface area contributed by atoms with Crippen molar-refractivity contribution < 1.29 is 13.9 Å². The minimum atomic E-state index is -0.211. The molecule has 0 aliphatic carbocycles. The number of thioether (sulfide) groups is 1. The second-order valence-electron chi connectivity index (χ2n) is 2.64. The average Bonchev–Trinajstić information content (AvgIpc) is 2.21. The Morgan fingerprint density at radius 3 is 2.79 bits per heavy atom. The standard InChI is InChI=1S/C10H13FO2S/c1-12-5-6-13-8-3-4-9(11)10(7-8)14-2/h3-4,7H,5-6H2,1-2H3. The molecule has 0 fully saturated rings. The highest BCUT2D eigenvalue weighted by Gasteiger charge is 2.02. The summed E-state index contributed by atoms with van der Waals surface area (Å²) in [7, 11) is 1.61. The van der Waals surface area contributed by atoms with Crippen LogP contribution in [0.1, 0.15) is 0 Å². The lowest BCUT2D eigenvalue weighted by molar-refractivity contribution is 0.146. The molecular formula is C10H13FO2S. The van der Waals surface area contributed by atoms with Crippen LogP contribution >= 0.6 is 11.8 Å². The van der Waals surface area contributed by atoms with E-state index >= 15 is 0 Å². The molecule has 0 saturated carbocycles. The summed E-state index contributed by atoms with van der Waals surface area (Å²) in [4.78, 5) is 0.597. The third-order valence-corrected chi connectivity index (χ3v) is 2.43. The highest BCUT2D eigenvalue weighted by Crippen LogP contribution is 2.24. The van der Waals surface area contributed by atoms with Crippen LogP contribution in [0.4, 0.5) is 4.39 Å². The Bertz CT molecular complexity index is 291. The molecule has 0 spiro atoms. The first kappa shape index (κ1) is 11.3. The minimum Gasteiger partial charge on any atom is -0.491 e. The van der Waals surface area contributed by atoms with E-state index in [1.807, 2.05) is 6.26 Å². The van der Waals surface area contributed by atoms with Gasteiger partial charge in [-0.2, -0.15) is 0 Å². The topological polar surface area (TPSA) is 18.5 Å². The fraction of sp³-hybridized carbons (Fsp3) is 0.400. The number of hydrogen-bond acceptors (Lipinski definition) is 3. The van der Waals surface area contributed by atoms with Gasteiger partial charge >= 0.3 is 0 Å². The molecule has 0 aromatic heterocycles. The molecule has 0 saturated heterocycles. The number of benzene rings is 1. The molecule has 0 aliphatic heterocycles. The Labute approximate surface area is 87.4 Å². The zero-order valence-corrected chi connectivity index (χ0v) is 9.07. The van der Waals surface area contributed by atoms with Gasteiger partial charge in [0.1, 0.15) is 18.2 Å². The first-order valence-corrected chi connectivity index (χ1v) is 5.45. The van der Waals surface area contributed by atoms with Gasteiger partial charge in [-0.15, -0.1) is 11.8 Å². The van der Waals surface area contributed by atoms with Crippen LogP contribution in [0, 0.1) is 5.82 Å². The van der Waals surface area contributed by atoms with Crippen LogP contribution in [-0.2, 0) is 4.74 Å². The van der Waals surface area contributed by atoms with Gasteiger partial charge in [-0.25, -0.2) is 4.39 Å². The Hall–Kier alpha value is -0.740. The van der Waals surface area contributed by atoms with E-state index in [1.165, 1.54) is 17.8 Å². The summed E-state index contributed by atoms with van der Waals surface area (Å²) in [5.74, 6) is 0.462. The molecule has 0 aliphatic rings. The van der Waals surface area contributed by atoms with Gasteiger partial charge in [-0.05, 0) is 24.5 Å². The van der Waals surface area contributed by atoms with Gasteiger partial charge in [0.15, 0.2) is 0 Å². The van der Waals surface area contributed by atoms with Crippen molar-refractivity contribution in [3.05, 3.63) is 24.0 Å². The Kier molecular flexibility index (Phi) is 4.76. The van der Waals surface area contributed by atoms with Crippen LogP contribution < -0.4 is 4.74 Å². The summed E-state index contributed by atoms with van der Waals surface area (Å²) in [5.41, 5.74) is 0. The maximum Gasteiger partial charge on any atom is 0.137 e. The first-order chi connectivity index (χ1) is 6.77. The molecule has 0 amide bonds. The molecule has 0 heterocycles. The van der Waals surface area contributed by atoms with Crippen LogP contribution in [0.25, 0.3) is 0 Å². The molecule has 14 heavy (non-hydrogen) atoms. The summed E-state index contributed by atoms with van der Waals surface area (Å²) < 4.78 is 23.2. The quantitative estimate of drug-likeness (QED) is 0.556. The summed E-state index contributed by atoms with van der Waals surface area (Å²) in [6.07, 6.45) is 1.83. The van der Waals surface area contributed by atoms with E-state index in [4.69, 9.17) is 9.47 Å². The van der Waals surface area contributed by atoms with Crippen LogP contribution in [0.2, 0.25) is 0 Å². The molecule has 78 valence electrons. The number of methoxy groups -OCH3 is 1. The van der Waals surface area contributed by atoms with Crippen LogP contribution in [0.5, 0.6) is 5.75 Å². The van der Waals surface area contributed by atoms with E-state index in [9.17, 15) is 4.39 Å². The molecule has 0 bridgehead atoms. The van der Waals surface area contributed by atoms with Gasteiger partial charge in [-0.3, -0.25) is 0 Å². The van der Waals surface area contributed by atoms with Gasteiger partial charge in [-0.1, -0.05) is 0 Å². The highest BCUT2D eigenvalue weighted by atomic mass is 32.2. The zero-order valence-electron chi connectivity index (χ0n) is 8.25. The monoisotopic (exact) mass is 216 g/mol. The maximum absolute atomic E-state index is 13.1. The summed E-state index contributed by atoms with van der Waals surface area (Å²) >= 11 is 1.36. The Morgan fingerprint density at radius 2 is 2.14 bits per heavy atom. The van der Waals surface area contributed by atoms with E-state index < -0.39 is 0 Å². The predicted octanol–water partition coefficient (Wildman–Crippen LogP) is 2.57. The van der Waals surface area contributed by atoms with Gasteiger partial charge in [0.2, 0.25) is 0 Å². The number of hydrogen-bond donors (Lipinski definition) is 0. The van der Waals surface area contributed by atoms with E-state index in [0.717, 1.165) is 0 Å². The fourth-order valence-electron chi connectivity index (χ4n) is 0.973. The van der Waals surface area contributed by atoms with E-state index in [1.54, 1.807) is 19.2 Å². The van der Waals surface area contributed by atoms with E-state index in [-0.39, 0.29) is 5.82 Å². The third-order valence-electron chi connectivity index (χ3n) is 1.68. The van der Waals surface area contributed by atoms with Crippen molar-refractivity contribution in [1.29, 1.82) is 0 Å². The second kappa shape index (κ2) is 5.88. The SMILES string of the molecule is COCCOc1ccc(F)c(SC)c1. The molecule has 1 rings (SSSR count). The third kappa shape index (κ3) is 3.20. The van der Waals surface area contributed by atoms with Crippen molar-refractivity contribution in [2.75, 3.05) is 26.6 Å². The number of rotatable bonds is 5. The smallest absolute Gasteiger partial charge is 0.137 e. The average molecular weight is 216 g/mol. The van der Waals surface area contributed by atoms with Crippen molar-refractivity contribution in [3.8, 4) is 5.75 Å². The molecule has 2 nitrogen and oxygen atoms in total. The summed E-state index contributed by atoms with van der Waals surface area (Å²) in [6.45, 7) is 1.02. The lowest BCUT2D eigenvalue weighted by atomic mass is 10.3. The molecule has 0 atom stereocenters. The van der Waals surface area contributed by atoms with Gasteiger partial charge in [0.05, 0.1) is 6.61 Å². The zero-order chi connectivity index (χ0) is 10.4. The second-order valence-corrected chi connectivity index (χ2v) is 3.49. The van der Waals surface area contributed by atoms with E-state index in [2.05, 4.69) is 0 Å². The van der Waals surface area contributed by atoms with Crippen LogP contribution in [0.15, 0.2) is 23.1 Å². The van der Waals surface area contributed by atoms with Crippen molar-refractivity contribution in [3.63, 3.8) is 0 Å². The first-order valence-electron chi connectivity index (χ1n) is 4.23. The lowest BCUT2D eigenvalue weighted by Crippen LogP contribution is -2.04. The van der Waals surface area contributed by atoms with Gasteiger partial charge in [0, 0.05) is 12.0 Å². The summed E-state index contributed by atoms with van der Waals surface area (Å²) in [6, 6.07) is 4.72. The highest BCUT2D eigenvalue weighted by molar-refractivity contribution is 7.98. The number of halogens is 1. The van der Waals surface area contributed by atoms with Gasteiger partial charge in [0.25, 0.3) is 0 Å². The Balaban J connectivity index is 2.60. The molecular weight excluding hydrogens is 203 g/mol. The fourth-order valence-corrected chi connectivity index (χ4v) is 1.47. The molecule has 1 aromatic carbocycles. The number of ether oxygens (including phenoxy) is 2. The Morgan fingerprint density at radius 1 is 1.36 bits per heavy atom. The minimum absolute atomic E-state index is 0.211. The molecule has 0 N–H and O–H groups in total. The van der Waals surface area contributed by atoms with Gasteiger partial charge < -0.3 is 9.47 Å².